The Hall–Kier alpha value is -0.580. The Morgan fingerprint density at radius 2 is 2.14 bits per heavy atom. The van der Waals surface area contributed by atoms with E-state index in [1.165, 1.54) is 0 Å². The molecule has 1 saturated heterocycles. The van der Waals surface area contributed by atoms with Crippen LogP contribution in [0.5, 0.6) is 0 Å². The van der Waals surface area contributed by atoms with Gasteiger partial charge in [-0.25, -0.2) is 12.7 Å². The maximum Gasteiger partial charge on any atom is 0.237 e. The van der Waals surface area contributed by atoms with E-state index in [0.29, 0.717) is 5.92 Å². The number of hydrogen-bond acceptors (Lipinski definition) is 3. The molecule has 0 aromatic carbocycles. The lowest BCUT2D eigenvalue weighted by Crippen LogP contribution is -2.47. The molecular weight excluding hydrogens is 202 g/mol. The summed E-state index contributed by atoms with van der Waals surface area (Å²) in [6.07, 6.45) is 2.97. The molecule has 5 heteroatoms. The number of nitrogens with zero attached hydrogens (tertiary/aromatic N) is 1. The van der Waals surface area contributed by atoms with Crippen LogP contribution in [-0.4, -0.2) is 30.4 Å². The smallest absolute Gasteiger partial charge is 0.237 e. The van der Waals surface area contributed by atoms with Crippen molar-refractivity contribution in [3.8, 4) is 0 Å². The Morgan fingerprint density at radius 3 is 2.79 bits per heavy atom. The summed E-state index contributed by atoms with van der Waals surface area (Å²) >= 11 is 0. The molecule has 2 aliphatic rings. The molecule has 80 valence electrons. The largest absolute Gasteiger partial charge is 0.274 e. The molecule has 0 unspecified atom stereocenters. The Morgan fingerprint density at radius 1 is 1.43 bits per heavy atom. The highest BCUT2D eigenvalue weighted by Gasteiger charge is 2.44. The van der Waals surface area contributed by atoms with Crippen LogP contribution in [0.1, 0.15) is 32.6 Å². The second-order valence-electron chi connectivity index (χ2n) is 4.15. The number of carbonyl (C=O) groups is 1. The lowest BCUT2D eigenvalue weighted by Gasteiger charge is -2.32. The van der Waals surface area contributed by atoms with Crippen LogP contribution in [-0.2, 0) is 14.8 Å². The van der Waals surface area contributed by atoms with E-state index in [-0.39, 0.29) is 24.1 Å². The standard InChI is InChI=1S/C9H15NO3S/c1-2-9(11)10-8-4-3-7(5-8)6-14(10,12)13/h7-8H,2-6H2,1H3/t7-,8+/m0/s1. The summed E-state index contributed by atoms with van der Waals surface area (Å²) in [6.45, 7) is 1.71. The Kier molecular flexibility index (Phi) is 2.29. The molecule has 1 amide bonds. The number of fused-ring (bicyclic) bond motifs is 2. The summed E-state index contributed by atoms with van der Waals surface area (Å²) in [7, 11) is -3.29. The number of sulfonamides is 1. The van der Waals surface area contributed by atoms with Crippen molar-refractivity contribution < 1.29 is 13.2 Å². The maximum atomic E-state index is 11.7. The van der Waals surface area contributed by atoms with Gasteiger partial charge in [0.15, 0.2) is 0 Å². The van der Waals surface area contributed by atoms with Gasteiger partial charge in [-0.3, -0.25) is 4.79 Å². The molecule has 1 aliphatic carbocycles. The molecule has 0 aromatic rings. The van der Waals surface area contributed by atoms with Crippen LogP contribution in [0.4, 0.5) is 0 Å². The first-order chi connectivity index (χ1) is 6.54. The normalized spacial score (nSPS) is 34.5. The zero-order valence-electron chi connectivity index (χ0n) is 8.27. The molecule has 14 heavy (non-hydrogen) atoms. The molecule has 2 atom stereocenters. The SMILES string of the molecule is CCC(=O)N1[C@@H]2CC[C@@H](C2)CS1(=O)=O. The van der Waals surface area contributed by atoms with Crippen molar-refractivity contribution in [1.82, 2.24) is 4.31 Å². The second kappa shape index (κ2) is 3.22. The molecule has 0 aromatic heterocycles. The summed E-state index contributed by atoms with van der Waals surface area (Å²) in [4.78, 5) is 11.5. The average molecular weight is 217 g/mol. The highest BCUT2D eigenvalue weighted by atomic mass is 32.2. The van der Waals surface area contributed by atoms with Gasteiger partial charge in [0.2, 0.25) is 15.9 Å². The zero-order valence-corrected chi connectivity index (χ0v) is 9.09. The van der Waals surface area contributed by atoms with E-state index in [1.54, 1.807) is 6.92 Å². The third kappa shape index (κ3) is 1.43. The van der Waals surface area contributed by atoms with Gasteiger partial charge in [-0.1, -0.05) is 6.92 Å². The first-order valence-electron chi connectivity index (χ1n) is 5.09. The van der Waals surface area contributed by atoms with Crippen molar-refractivity contribution in [2.75, 3.05) is 5.75 Å². The van der Waals surface area contributed by atoms with E-state index in [1.807, 2.05) is 0 Å². The third-order valence-electron chi connectivity index (χ3n) is 3.14. The van der Waals surface area contributed by atoms with Crippen molar-refractivity contribution >= 4 is 15.9 Å². The molecule has 0 radical (unpaired) electrons. The van der Waals surface area contributed by atoms with Crippen molar-refractivity contribution in [2.24, 2.45) is 5.92 Å². The van der Waals surface area contributed by atoms with E-state index >= 15 is 0 Å². The molecule has 0 N–H and O–H groups in total. The van der Waals surface area contributed by atoms with Crippen molar-refractivity contribution in [2.45, 2.75) is 38.6 Å². The number of amides is 1. The first-order valence-corrected chi connectivity index (χ1v) is 6.70. The second-order valence-corrected chi connectivity index (χ2v) is 6.05. The maximum absolute atomic E-state index is 11.7. The summed E-state index contributed by atoms with van der Waals surface area (Å²) in [5, 5.41) is 0. The van der Waals surface area contributed by atoms with Gasteiger partial charge in [0.25, 0.3) is 0 Å². The Bertz CT molecular complexity index is 349. The van der Waals surface area contributed by atoms with Gasteiger partial charge in [-0.2, -0.15) is 0 Å². The molecule has 4 nitrogen and oxygen atoms in total. The fourth-order valence-electron chi connectivity index (χ4n) is 2.53. The topological polar surface area (TPSA) is 54.5 Å². The van der Waals surface area contributed by atoms with Crippen LogP contribution in [0.2, 0.25) is 0 Å². The van der Waals surface area contributed by atoms with E-state index in [9.17, 15) is 13.2 Å². The van der Waals surface area contributed by atoms with E-state index in [2.05, 4.69) is 0 Å². The van der Waals surface area contributed by atoms with Crippen molar-refractivity contribution in [3.63, 3.8) is 0 Å². The monoisotopic (exact) mass is 217 g/mol. The number of rotatable bonds is 1. The number of hydrogen-bond donors (Lipinski definition) is 0. The molecular formula is C9H15NO3S. The van der Waals surface area contributed by atoms with Gasteiger partial charge < -0.3 is 0 Å². The fourth-order valence-corrected chi connectivity index (χ4v) is 4.68. The van der Waals surface area contributed by atoms with Gasteiger partial charge in [0.05, 0.1) is 5.75 Å². The van der Waals surface area contributed by atoms with Crippen LogP contribution < -0.4 is 0 Å². The quantitative estimate of drug-likeness (QED) is 0.651. The zero-order chi connectivity index (χ0) is 10.3. The van der Waals surface area contributed by atoms with Gasteiger partial charge in [-0.15, -0.1) is 0 Å². The molecule has 2 fully saturated rings. The van der Waals surface area contributed by atoms with Crippen molar-refractivity contribution in [3.05, 3.63) is 0 Å². The summed E-state index contributed by atoms with van der Waals surface area (Å²) in [6, 6.07) is -0.0359. The van der Waals surface area contributed by atoms with E-state index < -0.39 is 10.0 Å². The molecule has 0 spiro atoms. The number of carbonyl (C=O) groups excluding carboxylic acids is 1. The Balaban J connectivity index is 2.32. The van der Waals surface area contributed by atoms with E-state index in [4.69, 9.17) is 0 Å². The first kappa shape index (κ1) is 9.96. The van der Waals surface area contributed by atoms with Gasteiger partial charge >= 0.3 is 0 Å². The minimum absolute atomic E-state index is 0.0359. The minimum atomic E-state index is -3.29. The van der Waals surface area contributed by atoms with Crippen LogP contribution in [0, 0.1) is 5.92 Å². The summed E-state index contributed by atoms with van der Waals surface area (Å²) < 4.78 is 24.6. The molecule has 1 heterocycles. The van der Waals surface area contributed by atoms with Crippen LogP contribution in [0.15, 0.2) is 0 Å². The lowest BCUT2D eigenvalue weighted by molar-refractivity contribution is -0.127. The third-order valence-corrected chi connectivity index (χ3v) is 5.13. The summed E-state index contributed by atoms with van der Waals surface area (Å²) in [5.74, 6) is 0.233. The fraction of sp³-hybridized carbons (Fsp3) is 0.889. The highest BCUT2D eigenvalue weighted by Crippen LogP contribution is 2.37. The van der Waals surface area contributed by atoms with Crippen molar-refractivity contribution in [1.29, 1.82) is 0 Å². The van der Waals surface area contributed by atoms with E-state index in [0.717, 1.165) is 23.6 Å². The molecule has 1 saturated carbocycles. The van der Waals surface area contributed by atoms with Crippen LogP contribution >= 0.6 is 0 Å². The molecule has 1 aliphatic heterocycles. The highest BCUT2D eigenvalue weighted by molar-refractivity contribution is 7.89. The van der Waals surface area contributed by atoms with Crippen LogP contribution in [0.3, 0.4) is 0 Å². The molecule has 2 rings (SSSR count). The predicted molar refractivity (Wildman–Crippen MR) is 52.1 cm³/mol. The van der Waals surface area contributed by atoms with Crippen LogP contribution in [0.25, 0.3) is 0 Å². The Labute approximate surface area is 84.3 Å². The minimum Gasteiger partial charge on any atom is -0.274 e. The van der Waals surface area contributed by atoms with Gasteiger partial charge in [-0.05, 0) is 25.2 Å². The summed E-state index contributed by atoms with van der Waals surface area (Å²) in [5.41, 5.74) is 0. The van der Waals surface area contributed by atoms with Gasteiger partial charge in [0, 0.05) is 12.5 Å². The lowest BCUT2D eigenvalue weighted by atomic mass is 10.1. The van der Waals surface area contributed by atoms with Gasteiger partial charge in [0.1, 0.15) is 0 Å². The predicted octanol–water partition coefficient (Wildman–Crippen LogP) is 0.737. The molecule has 2 bridgehead atoms. The average Bonchev–Trinajstić information content (AvgIpc) is 2.47.